The van der Waals surface area contributed by atoms with Gasteiger partial charge < -0.3 is 15.5 Å². The highest BCUT2D eigenvalue weighted by Crippen LogP contribution is 2.38. The molecule has 0 saturated carbocycles. The molecular weight excluding hydrogens is 337 g/mol. The third-order valence-corrected chi connectivity index (χ3v) is 4.01. The Balaban J connectivity index is 2.11. The number of fused-ring (bicyclic) bond motifs is 1. The van der Waals surface area contributed by atoms with Gasteiger partial charge in [0.1, 0.15) is 12.4 Å². The Labute approximate surface area is 138 Å². The molecule has 0 bridgehead atoms. The summed E-state index contributed by atoms with van der Waals surface area (Å²) in [6, 6.07) is 5.93. The number of aromatic nitrogens is 2. The second-order valence-corrected chi connectivity index (χ2v) is 5.59. The summed E-state index contributed by atoms with van der Waals surface area (Å²) in [6.07, 6.45) is 1.33. The van der Waals surface area contributed by atoms with E-state index in [1.165, 1.54) is 24.4 Å². The zero-order chi connectivity index (χ0) is 17.3. The van der Waals surface area contributed by atoms with Gasteiger partial charge in [0, 0.05) is 11.8 Å². The van der Waals surface area contributed by atoms with Crippen molar-refractivity contribution >= 4 is 33.5 Å². The molecule has 1 aromatic carbocycles. The number of pyridine rings is 1. The van der Waals surface area contributed by atoms with Crippen LogP contribution in [0.5, 0.6) is 5.75 Å². The highest BCUT2D eigenvalue weighted by Gasteiger charge is 2.22. The maximum absolute atomic E-state index is 14.0. The SMILES string of the molecule is O=C(O)CNC(=O)c1ncc2snc(-c3ccccc3F)c2c1O. The molecule has 1 amide bonds. The maximum Gasteiger partial charge on any atom is 0.322 e. The minimum Gasteiger partial charge on any atom is -0.505 e. The number of hydrogen-bond donors (Lipinski definition) is 3. The van der Waals surface area contributed by atoms with E-state index in [4.69, 9.17) is 5.11 Å². The number of nitrogens with one attached hydrogen (secondary N) is 1. The predicted octanol–water partition coefficient (Wildman–Crippen LogP) is 2.02. The Morgan fingerprint density at radius 1 is 1.29 bits per heavy atom. The molecule has 122 valence electrons. The van der Waals surface area contributed by atoms with Gasteiger partial charge in [-0.05, 0) is 23.7 Å². The fraction of sp³-hybridized carbons (Fsp3) is 0.0667. The van der Waals surface area contributed by atoms with Crippen molar-refractivity contribution in [3.63, 3.8) is 0 Å². The molecular formula is C15H10FN3O4S. The number of halogens is 1. The topological polar surface area (TPSA) is 112 Å². The summed E-state index contributed by atoms with van der Waals surface area (Å²) in [4.78, 5) is 26.3. The second kappa shape index (κ2) is 6.20. The van der Waals surface area contributed by atoms with Crippen LogP contribution in [0.3, 0.4) is 0 Å². The van der Waals surface area contributed by atoms with Gasteiger partial charge in [-0.25, -0.2) is 9.37 Å². The van der Waals surface area contributed by atoms with Crippen molar-refractivity contribution in [3.8, 4) is 17.0 Å². The Bertz CT molecular complexity index is 957. The first kappa shape index (κ1) is 15.8. The maximum atomic E-state index is 14.0. The summed E-state index contributed by atoms with van der Waals surface area (Å²) in [5.74, 6) is -3.06. The third-order valence-electron chi connectivity index (χ3n) is 3.23. The molecule has 0 unspecified atom stereocenters. The number of benzene rings is 1. The summed E-state index contributed by atoms with van der Waals surface area (Å²) in [6.45, 7) is -0.611. The smallest absolute Gasteiger partial charge is 0.322 e. The lowest BCUT2D eigenvalue weighted by atomic mass is 10.1. The van der Waals surface area contributed by atoms with Crippen molar-refractivity contribution < 1.29 is 24.2 Å². The number of aromatic hydroxyl groups is 1. The van der Waals surface area contributed by atoms with Gasteiger partial charge in [-0.1, -0.05) is 12.1 Å². The van der Waals surface area contributed by atoms with E-state index in [1.807, 2.05) is 0 Å². The van der Waals surface area contributed by atoms with Crippen molar-refractivity contribution in [2.24, 2.45) is 0 Å². The number of hydrogen-bond acceptors (Lipinski definition) is 6. The van der Waals surface area contributed by atoms with Gasteiger partial charge in [0.15, 0.2) is 11.4 Å². The zero-order valence-corrected chi connectivity index (χ0v) is 12.8. The fourth-order valence-corrected chi connectivity index (χ4v) is 2.93. The molecule has 3 aromatic rings. The number of amides is 1. The fourth-order valence-electron chi connectivity index (χ4n) is 2.17. The normalized spacial score (nSPS) is 10.7. The van der Waals surface area contributed by atoms with Gasteiger partial charge in [-0.2, -0.15) is 4.37 Å². The quantitative estimate of drug-likeness (QED) is 0.665. The van der Waals surface area contributed by atoms with Crippen LogP contribution in [0.25, 0.3) is 21.3 Å². The van der Waals surface area contributed by atoms with Crippen LogP contribution >= 0.6 is 11.5 Å². The van der Waals surface area contributed by atoms with E-state index in [-0.39, 0.29) is 22.3 Å². The van der Waals surface area contributed by atoms with Crippen LogP contribution in [0.15, 0.2) is 30.5 Å². The van der Waals surface area contributed by atoms with Crippen molar-refractivity contribution in [2.45, 2.75) is 0 Å². The number of carbonyl (C=O) groups excluding carboxylic acids is 1. The van der Waals surface area contributed by atoms with Crippen LogP contribution in [0.1, 0.15) is 10.5 Å². The van der Waals surface area contributed by atoms with Crippen molar-refractivity contribution in [3.05, 3.63) is 42.0 Å². The first-order chi connectivity index (χ1) is 11.5. The van der Waals surface area contributed by atoms with E-state index in [9.17, 15) is 19.1 Å². The van der Waals surface area contributed by atoms with E-state index < -0.39 is 30.0 Å². The van der Waals surface area contributed by atoms with Crippen LogP contribution in [0, 0.1) is 5.82 Å². The highest BCUT2D eigenvalue weighted by molar-refractivity contribution is 7.13. The third kappa shape index (κ3) is 2.76. The lowest BCUT2D eigenvalue weighted by Crippen LogP contribution is -2.29. The Kier molecular flexibility index (Phi) is 4.09. The number of rotatable bonds is 4. The summed E-state index contributed by atoms with van der Waals surface area (Å²) in [5, 5.41) is 21.3. The number of carboxylic acids is 1. The minimum absolute atomic E-state index is 0.183. The number of carboxylic acid groups (broad SMARTS) is 1. The van der Waals surface area contributed by atoms with Crippen molar-refractivity contribution in [2.75, 3.05) is 6.54 Å². The lowest BCUT2D eigenvalue weighted by Gasteiger charge is -2.06. The molecule has 3 rings (SSSR count). The largest absolute Gasteiger partial charge is 0.505 e. The van der Waals surface area contributed by atoms with E-state index in [0.717, 1.165) is 11.5 Å². The predicted molar refractivity (Wildman–Crippen MR) is 84.4 cm³/mol. The standard InChI is InChI=1S/C15H10FN3O4S/c16-8-4-2-1-3-7(8)12-11-9(24-19-12)5-17-13(14(11)22)15(23)18-6-10(20)21/h1-5,22H,6H2,(H,18,23)(H,20,21). The zero-order valence-electron chi connectivity index (χ0n) is 12.0. The minimum atomic E-state index is -1.23. The molecule has 0 radical (unpaired) electrons. The first-order valence-corrected chi connectivity index (χ1v) is 7.48. The molecule has 0 atom stereocenters. The molecule has 3 N–H and O–H groups in total. The van der Waals surface area contributed by atoms with Crippen molar-refractivity contribution in [1.29, 1.82) is 0 Å². The van der Waals surface area contributed by atoms with Crippen LogP contribution < -0.4 is 5.32 Å². The Morgan fingerprint density at radius 3 is 2.75 bits per heavy atom. The lowest BCUT2D eigenvalue weighted by molar-refractivity contribution is -0.135. The molecule has 0 saturated heterocycles. The summed E-state index contributed by atoms with van der Waals surface area (Å²) < 4.78 is 18.6. The average Bonchev–Trinajstić information content (AvgIpc) is 2.98. The van der Waals surface area contributed by atoms with Gasteiger partial charge in [0.05, 0.1) is 15.8 Å². The number of aliphatic carboxylic acids is 1. The van der Waals surface area contributed by atoms with Gasteiger partial charge >= 0.3 is 5.97 Å². The Morgan fingerprint density at radius 2 is 2.04 bits per heavy atom. The van der Waals surface area contributed by atoms with E-state index in [1.54, 1.807) is 6.07 Å². The van der Waals surface area contributed by atoms with Gasteiger partial charge in [0.2, 0.25) is 0 Å². The molecule has 0 spiro atoms. The molecule has 2 aromatic heterocycles. The summed E-state index contributed by atoms with van der Waals surface area (Å²) in [5.41, 5.74) is 0.0315. The first-order valence-electron chi connectivity index (χ1n) is 6.71. The van der Waals surface area contributed by atoms with Gasteiger partial charge in [-0.15, -0.1) is 0 Å². The molecule has 0 aliphatic heterocycles. The van der Waals surface area contributed by atoms with E-state index in [0.29, 0.717) is 4.70 Å². The molecule has 2 heterocycles. The summed E-state index contributed by atoms with van der Waals surface area (Å²) in [7, 11) is 0. The van der Waals surface area contributed by atoms with Crippen LogP contribution in [-0.2, 0) is 4.79 Å². The van der Waals surface area contributed by atoms with Gasteiger partial charge in [0.25, 0.3) is 5.91 Å². The molecule has 0 aliphatic rings. The van der Waals surface area contributed by atoms with Crippen LogP contribution in [0.4, 0.5) is 4.39 Å². The molecule has 0 aliphatic carbocycles. The molecule has 0 fully saturated rings. The monoisotopic (exact) mass is 347 g/mol. The molecule has 7 nitrogen and oxygen atoms in total. The highest BCUT2D eigenvalue weighted by atomic mass is 32.1. The molecule has 9 heteroatoms. The second-order valence-electron chi connectivity index (χ2n) is 4.78. The molecule has 24 heavy (non-hydrogen) atoms. The number of carbonyl (C=O) groups is 2. The van der Waals surface area contributed by atoms with Crippen LogP contribution in [-0.4, -0.2) is 38.0 Å². The summed E-state index contributed by atoms with van der Waals surface area (Å²) >= 11 is 1.01. The van der Waals surface area contributed by atoms with Crippen molar-refractivity contribution in [1.82, 2.24) is 14.7 Å². The number of nitrogens with zero attached hydrogens (tertiary/aromatic N) is 2. The van der Waals surface area contributed by atoms with Gasteiger partial charge in [-0.3, -0.25) is 9.59 Å². The van der Waals surface area contributed by atoms with E-state index in [2.05, 4.69) is 14.7 Å². The average molecular weight is 347 g/mol. The Hall–Kier alpha value is -3.07. The van der Waals surface area contributed by atoms with E-state index >= 15 is 0 Å². The van der Waals surface area contributed by atoms with Crippen LogP contribution in [0.2, 0.25) is 0 Å².